The minimum atomic E-state index is -0.806. The molecule has 2 rings (SSSR count). The Kier molecular flexibility index (Phi) is 4.56. The maximum absolute atomic E-state index is 11.9. The Bertz CT molecular complexity index is 439. The van der Waals surface area contributed by atoms with Gasteiger partial charge in [-0.3, -0.25) is 4.79 Å². The average molecular weight is 263 g/mol. The highest BCUT2D eigenvalue weighted by atomic mass is 16.5. The van der Waals surface area contributed by atoms with E-state index in [9.17, 15) is 9.90 Å². The number of rotatable bonds is 4. The molecular formula is C15H21NO3. The zero-order chi connectivity index (χ0) is 13.7. The van der Waals surface area contributed by atoms with E-state index >= 15 is 0 Å². The third kappa shape index (κ3) is 4.04. The van der Waals surface area contributed by atoms with Gasteiger partial charge in [-0.25, -0.2) is 0 Å². The van der Waals surface area contributed by atoms with Crippen molar-refractivity contribution < 1.29 is 14.6 Å². The van der Waals surface area contributed by atoms with Gasteiger partial charge in [0.05, 0.1) is 12.0 Å². The molecule has 1 aromatic rings. The number of aryl methyl sites for hydroxylation is 1. The second-order valence-electron chi connectivity index (χ2n) is 5.22. The SMILES string of the molecule is Cc1ccccc1CC(=O)NCC1(O)CCOCC1. The van der Waals surface area contributed by atoms with Crippen molar-refractivity contribution in [2.75, 3.05) is 19.8 Å². The van der Waals surface area contributed by atoms with Crippen LogP contribution < -0.4 is 5.32 Å². The van der Waals surface area contributed by atoms with Gasteiger partial charge in [0.1, 0.15) is 0 Å². The molecule has 0 unspecified atom stereocenters. The van der Waals surface area contributed by atoms with Crippen LogP contribution in [0.4, 0.5) is 0 Å². The number of aliphatic hydroxyl groups is 1. The Labute approximate surface area is 113 Å². The molecule has 1 aliphatic heterocycles. The maximum Gasteiger partial charge on any atom is 0.224 e. The van der Waals surface area contributed by atoms with Crippen LogP contribution in [-0.4, -0.2) is 36.4 Å². The number of ether oxygens (including phenoxy) is 1. The molecule has 1 aliphatic rings. The molecule has 4 nitrogen and oxygen atoms in total. The molecule has 1 fully saturated rings. The van der Waals surface area contributed by atoms with Crippen LogP contribution in [0.3, 0.4) is 0 Å². The summed E-state index contributed by atoms with van der Waals surface area (Å²) in [6, 6.07) is 7.84. The molecule has 1 aromatic carbocycles. The van der Waals surface area contributed by atoms with Crippen LogP contribution in [0.2, 0.25) is 0 Å². The second-order valence-corrected chi connectivity index (χ2v) is 5.22. The van der Waals surface area contributed by atoms with Gasteiger partial charge in [-0.2, -0.15) is 0 Å². The van der Waals surface area contributed by atoms with Crippen molar-refractivity contribution >= 4 is 5.91 Å². The van der Waals surface area contributed by atoms with Crippen LogP contribution in [0.5, 0.6) is 0 Å². The first kappa shape index (κ1) is 14.0. The quantitative estimate of drug-likeness (QED) is 0.858. The van der Waals surface area contributed by atoms with E-state index in [4.69, 9.17) is 4.74 Å². The third-order valence-corrected chi connectivity index (χ3v) is 3.65. The minimum absolute atomic E-state index is 0.0470. The van der Waals surface area contributed by atoms with Crippen LogP contribution in [0.15, 0.2) is 24.3 Å². The van der Waals surface area contributed by atoms with Gasteiger partial charge >= 0.3 is 0 Å². The summed E-state index contributed by atoms with van der Waals surface area (Å²) in [6.45, 7) is 3.42. The Morgan fingerprint density at radius 3 is 2.74 bits per heavy atom. The number of hydrogen-bond donors (Lipinski definition) is 2. The van der Waals surface area contributed by atoms with Gasteiger partial charge in [-0.15, -0.1) is 0 Å². The number of amides is 1. The summed E-state index contributed by atoms with van der Waals surface area (Å²) in [4.78, 5) is 11.9. The normalized spacial score (nSPS) is 18.0. The molecule has 2 N–H and O–H groups in total. The van der Waals surface area contributed by atoms with Crippen LogP contribution in [0, 0.1) is 6.92 Å². The van der Waals surface area contributed by atoms with Crippen molar-refractivity contribution in [3.8, 4) is 0 Å². The lowest BCUT2D eigenvalue weighted by Crippen LogP contribution is -2.47. The summed E-state index contributed by atoms with van der Waals surface area (Å²) in [6.07, 6.45) is 1.52. The smallest absolute Gasteiger partial charge is 0.224 e. The van der Waals surface area contributed by atoms with Gasteiger partial charge in [0.25, 0.3) is 0 Å². The Morgan fingerprint density at radius 1 is 1.37 bits per heavy atom. The number of carbonyl (C=O) groups is 1. The average Bonchev–Trinajstić information content (AvgIpc) is 2.40. The summed E-state index contributed by atoms with van der Waals surface area (Å²) in [5.74, 6) is -0.0470. The maximum atomic E-state index is 11.9. The minimum Gasteiger partial charge on any atom is -0.388 e. The molecule has 0 bridgehead atoms. The predicted molar refractivity (Wildman–Crippen MR) is 72.9 cm³/mol. The fourth-order valence-electron chi connectivity index (χ4n) is 2.24. The molecule has 19 heavy (non-hydrogen) atoms. The van der Waals surface area contributed by atoms with Crippen molar-refractivity contribution in [2.24, 2.45) is 0 Å². The lowest BCUT2D eigenvalue weighted by atomic mass is 9.94. The summed E-state index contributed by atoms with van der Waals surface area (Å²) in [7, 11) is 0. The lowest BCUT2D eigenvalue weighted by Gasteiger charge is -2.32. The van der Waals surface area contributed by atoms with E-state index in [0.29, 0.717) is 39.0 Å². The zero-order valence-corrected chi connectivity index (χ0v) is 11.3. The fourth-order valence-corrected chi connectivity index (χ4v) is 2.24. The molecule has 0 saturated carbocycles. The first-order chi connectivity index (χ1) is 9.09. The lowest BCUT2D eigenvalue weighted by molar-refractivity contribution is -0.123. The van der Waals surface area contributed by atoms with Crippen LogP contribution in [0.25, 0.3) is 0 Å². The first-order valence-corrected chi connectivity index (χ1v) is 6.70. The van der Waals surface area contributed by atoms with Crippen molar-refractivity contribution in [1.82, 2.24) is 5.32 Å². The van der Waals surface area contributed by atoms with Crippen LogP contribution in [-0.2, 0) is 16.0 Å². The highest BCUT2D eigenvalue weighted by molar-refractivity contribution is 5.78. The van der Waals surface area contributed by atoms with Crippen LogP contribution >= 0.6 is 0 Å². The molecule has 1 saturated heterocycles. The van der Waals surface area contributed by atoms with E-state index in [1.165, 1.54) is 0 Å². The standard InChI is InChI=1S/C15H21NO3/c1-12-4-2-3-5-13(12)10-14(17)16-11-15(18)6-8-19-9-7-15/h2-5,18H,6-11H2,1H3,(H,16,17). The van der Waals surface area contributed by atoms with E-state index < -0.39 is 5.60 Å². The second kappa shape index (κ2) is 6.17. The van der Waals surface area contributed by atoms with E-state index in [1.54, 1.807) is 0 Å². The summed E-state index contributed by atoms with van der Waals surface area (Å²) < 4.78 is 5.21. The van der Waals surface area contributed by atoms with E-state index in [2.05, 4.69) is 5.32 Å². The number of benzene rings is 1. The van der Waals surface area contributed by atoms with E-state index in [-0.39, 0.29) is 5.91 Å². The molecule has 0 aromatic heterocycles. The van der Waals surface area contributed by atoms with Gasteiger partial charge in [0.15, 0.2) is 0 Å². The molecule has 1 heterocycles. The summed E-state index contributed by atoms with van der Waals surface area (Å²) >= 11 is 0. The number of nitrogens with one attached hydrogen (secondary N) is 1. The third-order valence-electron chi connectivity index (χ3n) is 3.65. The molecule has 0 spiro atoms. The zero-order valence-electron chi connectivity index (χ0n) is 11.3. The first-order valence-electron chi connectivity index (χ1n) is 6.70. The molecule has 1 amide bonds. The van der Waals surface area contributed by atoms with Crippen LogP contribution in [0.1, 0.15) is 24.0 Å². The number of carbonyl (C=O) groups excluding carboxylic acids is 1. The van der Waals surface area contributed by atoms with Gasteiger partial charge < -0.3 is 15.2 Å². The van der Waals surface area contributed by atoms with Gasteiger partial charge in [0, 0.05) is 32.6 Å². The summed E-state index contributed by atoms with van der Waals surface area (Å²) in [5, 5.41) is 13.1. The monoisotopic (exact) mass is 263 g/mol. The Morgan fingerprint density at radius 2 is 2.05 bits per heavy atom. The Balaban J connectivity index is 1.83. The molecule has 0 radical (unpaired) electrons. The van der Waals surface area contributed by atoms with Gasteiger partial charge in [-0.05, 0) is 18.1 Å². The Hall–Kier alpha value is -1.39. The number of hydrogen-bond acceptors (Lipinski definition) is 3. The van der Waals surface area contributed by atoms with Gasteiger partial charge in [-0.1, -0.05) is 24.3 Å². The van der Waals surface area contributed by atoms with Crippen molar-refractivity contribution in [3.63, 3.8) is 0 Å². The van der Waals surface area contributed by atoms with Crippen molar-refractivity contribution in [2.45, 2.75) is 31.8 Å². The molecule has 4 heteroatoms. The van der Waals surface area contributed by atoms with Crippen molar-refractivity contribution in [1.29, 1.82) is 0 Å². The topological polar surface area (TPSA) is 58.6 Å². The van der Waals surface area contributed by atoms with Gasteiger partial charge in [0.2, 0.25) is 5.91 Å². The molecular weight excluding hydrogens is 242 g/mol. The van der Waals surface area contributed by atoms with Crippen molar-refractivity contribution in [3.05, 3.63) is 35.4 Å². The highest BCUT2D eigenvalue weighted by Gasteiger charge is 2.29. The molecule has 0 aliphatic carbocycles. The van der Waals surface area contributed by atoms with E-state index in [1.807, 2.05) is 31.2 Å². The summed E-state index contributed by atoms with van der Waals surface area (Å²) in [5.41, 5.74) is 1.33. The highest BCUT2D eigenvalue weighted by Crippen LogP contribution is 2.19. The molecule has 104 valence electrons. The predicted octanol–water partition coefficient (Wildman–Crippen LogP) is 1.20. The van der Waals surface area contributed by atoms with E-state index in [0.717, 1.165) is 11.1 Å². The fraction of sp³-hybridized carbons (Fsp3) is 0.533. The molecule has 0 atom stereocenters. The largest absolute Gasteiger partial charge is 0.388 e.